The standard InChI is InChI=1S/C19H26N4O.ClH/c1-14-8-9-15-6-2-3-7-16(15)23(14)13-10-17-21-18(22-24-17)19(20)11-4-5-12-19;/h2-3,6-7,14H,4-5,8-13,20H2,1H3;1H. The fourth-order valence-electron chi connectivity index (χ4n) is 4.11. The van der Waals surface area contributed by atoms with Crippen LogP contribution in [0, 0.1) is 0 Å². The Labute approximate surface area is 155 Å². The molecule has 2 N–H and O–H groups in total. The van der Waals surface area contributed by atoms with Crippen LogP contribution in [-0.4, -0.2) is 22.7 Å². The number of halogens is 1. The third-order valence-electron chi connectivity index (χ3n) is 5.64. The molecule has 1 saturated carbocycles. The Morgan fingerprint density at radius 2 is 2.04 bits per heavy atom. The van der Waals surface area contributed by atoms with Crippen molar-refractivity contribution >= 4 is 18.1 Å². The smallest absolute Gasteiger partial charge is 0.228 e. The van der Waals surface area contributed by atoms with Gasteiger partial charge >= 0.3 is 0 Å². The summed E-state index contributed by atoms with van der Waals surface area (Å²) in [4.78, 5) is 7.07. The normalized spacial score (nSPS) is 21.7. The zero-order chi connectivity index (χ0) is 16.6. The first kappa shape index (κ1) is 18.2. The molecule has 25 heavy (non-hydrogen) atoms. The minimum Gasteiger partial charge on any atom is -0.368 e. The molecule has 0 amide bonds. The molecule has 4 rings (SSSR count). The molecule has 1 aliphatic heterocycles. The number of hydrogen-bond acceptors (Lipinski definition) is 5. The van der Waals surface area contributed by atoms with Crippen LogP contribution in [0.5, 0.6) is 0 Å². The van der Waals surface area contributed by atoms with Gasteiger partial charge in [-0.25, -0.2) is 0 Å². The topological polar surface area (TPSA) is 68.2 Å². The molecule has 1 atom stereocenters. The Bertz CT molecular complexity index is 711. The summed E-state index contributed by atoms with van der Waals surface area (Å²) in [7, 11) is 0. The van der Waals surface area contributed by atoms with E-state index in [0.717, 1.165) is 45.1 Å². The van der Waals surface area contributed by atoms with E-state index in [1.165, 1.54) is 17.7 Å². The lowest BCUT2D eigenvalue weighted by molar-refractivity contribution is 0.347. The monoisotopic (exact) mass is 362 g/mol. The number of rotatable bonds is 4. The van der Waals surface area contributed by atoms with E-state index in [1.807, 2.05) is 0 Å². The highest BCUT2D eigenvalue weighted by atomic mass is 35.5. The fourth-order valence-corrected chi connectivity index (χ4v) is 4.11. The van der Waals surface area contributed by atoms with E-state index in [0.29, 0.717) is 17.8 Å². The number of fused-ring (bicyclic) bond motifs is 1. The second kappa shape index (κ2) is 7.34. The Morgan fingerprint density at radius 1 is 1.28 bits per heavy atom. The van der Waals surface area contributed by atoms with Gasteiger partial charge in [-0.15, -0.1) is 12.4 Å². The number of anilines is 1. The van der Waals surface area contributed by atoms with E-state index in [1.54, 1.807) is 0 Å². The molecule has 2 aromatic rings. The highest BCUT2D eigenvalue weighted by Crippen LogP contribution is 2.35. The highest BCUT2D eigenvalue weighted by molar-refractivity contribution is 5.85. The summed E-state index contributed by atoms with van der Waals surface area (Å²) < 4.78 is 5.49. The van der Waals surface area contributed by atoms with Gasteiger partial charge in [0.1, 0.15) is 0 Å². The van der Waals surface area contributed by atoms with Crippen LogP contribution in [0.3, 0.4) is 0 Å². The zero-order valence-corrected chi connectivity index (χ0v) is 15.6. The van der Waals surface area contributed by atoms with E-state index >= 15 is 0 Å². The van der Waals surface area contributed by atoms with Gasteiger partial charge in [-0.05, 0) is 44.2 Å². The van der Waals surface area contributed by atoms with Crippen LogP contribution >= 0.6 is 12.4 Å². The lowest BCUT2D eigenvalue weighted by atomic mass is 9.96. The van der Waals surface area contributed by atoms with Crippen molar-refractivity contribution in [1.29, 1.82) is 0 Å². The van der Waals surface area contributed by atoms with E-state index in [4.69, 9.17) is 10.3 Å². The second-order valence-corrected chi connectivity index (χ2v) is 7.33. The molecule has 6 heteroatoms. The number of nitrogens with zero attached hydrogens (tertiary/aromatic N) is 3. The summed E-state index contributed by atoms with van der Waals surface area (Å²) in [6.07, 6.45) is 7.35. The van der Waals surface area contributed by atoms with Crippen molar-refractivity contribution in [2.24, 2.45) is 5.73 Å². The van der Waals surface area contributed by atoms with Gasteiger partial charge in [-0.1, -0.05) is 36.2 Å². The Kier molecular flexibility index (Phi) is 5.35. The van der Waals surface area contributed by atoms with Crippen LogP contribution in [-0.2, 0) is 18.4 Å². The molecular weight excluding hydrogens is 336 g/mol. The maximum Gasteiger partial charge on any atom is 0.228 e. The zero-order valence-electron chi connectivity index (χ0n) is 14.8. The summed E-state index contributed by atoms with van der Waals surface area (Å²) in [6.45, 7) is 3.19. The van der Waals surface area contributed by atoms with E-state index in [9.17, 15) is 0 Å². The first-order chi connectivity index (χ1) is 11.7. The molecule has 1 unspecified atom stereocenters. The largest absolute Gasteiger partial charge is 0.368 e. The number of para-hydroxylation sites is 1. The summed E-state index contributed by atoms with van der Waals surface area (Å²) in [5.74, 6) is 1.40. The summed E-state index contributed by atoms with van der Waals surface area (Å²) in [6, 6.07) is 9.24. The van der Waals surface area contributed by atoms with Gasteiger partial charge in [0.05, 0.1) is 5.54 Å². The van der Waals surface area contributed by atoms with Crippen LogP contribution in [0.15, 0.2) is 28.8 Å². The maximum absolute atomic E-state index is 6.42. The average Bonchev–Trinajstić information content (AvgIpc) is 3.24. The summed E-state index contributed by atoms with van der Waals surface area (Å²) in [5.41, 5.74) is 8.84. The number of hydrogen-bond donors (Lipinski definition) is 1. The maximum atomic E-state index is 6.42. The number of aryl methyl sites for hydroxylation is 1. The molecule has 136 valence electrons. The molecule has 2 heterocycles. The van der Waals surface area contributed by atoms with E-state index < -0.39 is 0 Å². The van der Waals surface area contributed by atoms with E-state index in [-0.39, 0.29) is 17.9 Å². The second-order valence-electron chi connectivity index (χ2n) is 7.33. The van der Waals surface area contributed by atoms with Crippen molar-refractivity contribution in [2.75, 3.05) is 11.4 Å². The molecule has 1 aromatic carbocycles. The van der Waals surface area contributed by atoms with Gasteiger partial charge in [-0.3, -0.25) is 0 Å². The predicted octanol–water partition coefficient (Wildman–Crippen LogP) is 3.60. The quantitative estimate of drug-likeness (QED) is 0.899. The van der Waals surface area contributed by atoms with Crippen molar-refractivity contribution in [3.05, 3.63) is 41.5 Å². The van der Waals surface area contributed by atoms with Crippen molar-refractivity contribution in [1.82, 2.24) is 10.1 Å². The van der Waals surface area contributed by atoms with Crippen molar-refractivity contribution in [2.45, 2.75) is 63.5 Å². The molecule has 0 spiro atoms. The van der Waals surface area contributed by atoms with Gasteiger partial charge in [-0.2, -0.15) is 4.98 Å². The lowest BCUT2D eigenvalue weighted by Gasteiger charge is -2.36. The minimum absolute atomic E-state index is 0. The van der Waals surface area contributed by atoms with Gasteiger partial charge in [0.25, 0.3) is 0 Å². The SMILES string of the molecule is CC1CCc2ccccc2N1CCc1nc(C2(N)CCCC2)no1.Cl. The summed E-state index contributed by atoms with van der Waals surface area (Å²) in [5, 5.41) is 4.17. The molecule has 0 radical (unpaired) electrons. The Balaban J connectivity index is 0.00000182. The molecule has 0 saturated heterocycles. The first-order valence-corrected chi connectivity index (χ1v) is 9.12. The van der Waals surface area contributed by atoms with Crippen molar-refractivity contribution < 1.29 is 4.52 Å². The van der Waals surface area contributed by atoms with Gasteiger partial charge in [0.2, 0.25) is 5.89 Å². The molecule has 1 aromatic heterocycles. The van der Waals surface area contributed by atoms with E-state index in [2.05, 4.69) is 46.2 Å². The molecule has 1 fully saturated rings. The number of aromatic nitrogens is 2. The highest BCUT2D eigenvalue weighted by Gasteiger charge is 2.36. The van der Waals surface area contributed by atoms with Crippen LogP contribution in [0.2, 0.25) is 0 Å². The first-order valence-electron chi connectivity index (χ1n) is 9.12. The fraction of sp³-hybridized carbons (Fsp3) is 0.579. The van der Waals surface area contributed by atoms with Crippen molar-refractivity contribution in [3.63, 3.8) is 0 Å². The number of nitrogens with two attached hydrogens (primary N) is 1. The third kappa shape index (κ3) is 3.53. The molecule has 1 aliphatic carbocycles. The predicted molar refractivity (Wildman–Crippen MR) is 101 cm³/mol. The Morgan fingerprint density at radius 3 is 2.84 bits per heavy atom. The van der Waals surface area contributed by atoms with Crippen LogP contribution in [0.25, 0.3) is 0 Å². The van der Waals surface area contributed by atoms with Crippen molar-refractivity contribution in [3.8, 4) is 0 Å². The van der Waals surface area contributed by atoms with Gasteiger partial charge < -0.3 is 15.2 Å². The summed E-state index contributed by atoms with van der Waals surface area (Å²) >= 11 is 0. The molecule has 0 bridgehead atoms. The lowest BCUT2D eigenvalue weighted by Crippen LogP contribution is -2.38. The van der Waals surface area contributed by atoms with Gasteiger partial charge in [0.15, 0.2) is 5.82 Å². The Hall–Kier alpha value is -1.59. The van der Waals surface area contributed by atoms with Gasteiger partial charge in [0, 0.05) is 24.7 Å². The van der Waals surface area contributed by atoms with Crippen LogP contribution in [0.4, 0.5) is 5.69 Å². The third-order valence-corrected chi connectivity index (χ3v) is 5.64. The van der Waals surface area contributed by atoms with Crippen LogP contribution in [0.1, 0.15) is 56.3 Å². The minimum atomic E-state index is -0.368. The molecular formula is C19H27ClN4O. The average molecular weight is 363 g/mol. The molecule has 5 nitrogen and oxygen atoms in total. The van der Waals surface area contributed by atoms with Crippen LogP contribution < -0.4 is 10.6 Å². The number of benzene rings is 1. The molecule has 2 aliphatic rings.